The Morgan fingerprint density at radius 3 is 2.50 bits per heavy atom. The first-order chi connectivity index (χ1) is 8.63. The predicted octanol–water partition coefficient (Wildman–Crippen LogP) is 2.51. The molecule has 1 fully saturated rings. The minimum absolute atomic E-state index is 0.111. The molecule has 0 bridgehead atoms. The quantitative estimate of drug-likeness (QED) is 0.784. The number of carbonyl (C=O) groups excluding carboxylic acids is 1. The molecule has 0 saturated heterocycles. The Morgan fingerprint density at radius 2 is 2.00 bits per heavy atom. The van der Waals surface area contributed by atoms with Crippen LogP contribution in [0.15, 0.2) is 24.3 Å². The molecular weight excluding hydrogens is 224 g/mol. The Bertz CT molecular complexity index is 401. The molecule has 2 rings (SSSR count). The lowest BCUT2D eigenvalue weighted by atomic mass is 9.67. The number of nitrogen functional groups attached to an aromatic ring is 1. The van der Waals surface area contributed by atoms with Crippen LogP contribution in [0, 0.1) is 5.41 Å². The van der Waals surface area contributed by atoms with E-state index in [0.717, 1.165) is 24.2 Å². The summed E-state index contributed by atoms with van der Waals surface area (Å²) in [5.41, 5.74) is 7.75. The molecule has 0 radical (unpaired) electrons. The van der Waals surface area contributed by atoms with Crippen LogP contribution in [-0.4, -0.2) is 12.5 Å². The van der Waals surface area contributed by atoms with Crippen molar-refractivity contribution in [3.8, 4) is 0 Å². The maximum absolute atomic E-state index is 11.9. The Balaban J connectivity index is 1.80. The van der Waals surface area contributed by atoms with Gasteiger partial charge in [-0.3, -0.25) is 4.79 Å². The second kappa shape index (κ2) is 5.42. The van der Waals surface area contributed by atoms with Gasteiger partial charge in [-0.2, -0.15) is 0 Å². The summed E-state index contributed by atoms with van der Waals surface area (Å²) < 4.78 is 0. The fourth-order valence-corrected chi connectivity index (χ4v) is 2.50. The van der Waals surface area contributed by atoms with Crippen LogP contribution in [0.3, 0.4) is 0 Å². The molecule has 1 aliphatic carbocycles. The first kappa shape index (κ1) is 12.9. The van der Waals surface area contributed by atoms with Gasteiger partial charge < -0.3 is 11.1 Å². The van der Waals surface area contributed by atoms with E-state index in [1.807, 2.05) is 24.3 Å². The van der Waals surface area contributed by atoms with Gasteiger partial charge in [0.15, 0.2) is 0 Å². The summed E-state index contributed by atoms with van der Waals surface area (Å²) in [5.74, 6) is 0.111. The second-order valence-corrected chi connectivity index (χ2v) is 5.40. The summed E-state index contributed by atoms with van der Waals surface area (Å²) >= 11 is 0. The zero-order valence-electron chi connectivity index (χ0n) is 11.0. The number of anilines is 1. The van der Waals surface area contributed by atoms with E-state index < -0.39 is 0 Å². The fraction of sp³-hybridized carbons (Fsp3) is 0.533. The van der Waals surface area contributed by atoms with Crippen molar-refractivity contribution in [1.82, 2.24) is 5.32 Å². The average molecular weight is 246 g/mol. The van der Waals surface area contributed by atoms with Crippen LogP contribution in [-0.2, 0) is 11.2 Å². The monoisotopic (exact) mass is 246 g/mol. The molecule has 1 aliphatic rings. The third-order valence-corrected chi connectivity index (χ3v) is 4.17. The van der Waals surface area contributed by atoms with E-state index in [1.54, 1.807) is 0 Å². The summed E-state index contributed by atoms with van der Waals surface area (Å²) in [7, 11) is 0. The molecule has 1 aromatic carbocycles. The minimum atomic E-state index is 0.111. The number of hydrogen-bond donors (Lipinski definition) is 2. The summed E-state index contributed by atoms with van der Waals surface area (Å²) in [5, 5.41) is 3.07. The zero-order chi connectivity index (χ0) is 13.0. The van der Waals surface area contributed by atoms with E-state index in [9.17, 15) is 4.79 Å². The predicted molar refractivity (Wildman–Crippen MR) is 74.1 cm³/mol. The Morgan fingerprint density at radius 1 is 1.33 bits per heavy atom. The first-order valence-electron chi connectivity index (χ1n) is 6.75. The molecule has 3 heteroatoms. The highest BCUT2D eigenvalue weighted by Crippen LogP contribution is 2.42. The van der Waals surface area contributed by atoms with Gasteiger partial charge >= 0.3 is 0 Å². The highest BCUT2D eigenvalue weighted by molar-refractivity contribution is 5.78. The fourth-order valence-electron chi connectivity index (χ4n) is 2.50. The first-order valence-corrected chi connectivity index (χ1v) is 6.75. The largest absolute Gasteiger partial charge is 0.399 e. The Kier molecular flexibility index (Phi) is 3.90. The average Bonchev–Trinajstić information content (AvgIpc) is 2.31. The van der Waals surface area contributed by atoms with Gasteiger partial charge in [0.25, 0.3) is 0 Å². The molecule has 18 heavy (non-hydrogen) atoms. The van der Waals surface area contributed by atoms with Gasteiger partial charge in [0.05, 0.1) is 6.42 Å². The number of nitrogens with two attached hydrogens (primary N) is 1. The maximum Gasteiger partial charge on any atom is 0.224 e. The minimum Gasteiger partial charge on any atom is -0.399 e. The number of carbonyl (C=O) groups is 1. The van der Waals surface area contributed by atoms with Gasteiger partial charge in [0.2, 0.25) is 5.91 Å². The molecule has 0 heterocycles. The van der Waals surface area contributed by atoms with Crippen LogP contribution in [0.2, 0.25) is 0 Å². The molecule has 3 nitrogen and oxygen atoms in total. The van der Waals surface area contributed by atoms with E-state index in [2.05, 4.69) is 12.2 Å². The summed E-state index contributed by atoms with van der Waals surface area (Å²) in [6.45, 7) is 3.04. The van der Waals surface area contributed by atoms with Gasteiger partial charge in [-0.05, 0) is 42.4 Å². The Labute approximate surface area is 109 Å². The third-order valence-electron chi connectivity index (χ3n) is 4.17. The summed E-state index contributed by atoms with van der Waals surface area (Å²) in [4.78, 5) is 11.9. The van der Waals surface area contributed by atoms with Crippen LogP contribution in [0.1, 0.15) is 38.2 Å². The maximum atomic E-state index is 11.9. The van der Waals surface area contributed by atoms with Gasteiger partial charge in [0.1, 0.15) is 0 Å². The molecule has 0 aromatic heterocycles. The van der Waals surface area contributed by atoms with Crippen LogP contribution in [0.25, 0.3) is 0 Å². The van der Waals surface area contributed by atoms with Crippen molar-refractivity contribution < 1.29 is 4.79 Å². The van der Waals surface area contributed by atoms with E-state index in [0.29, 0.717) is 11.8 Å². The summed E-state index contributed by atoms with van der Waals surface area (Å²) in [6, 6.07) is 7.49. The van der Waals surface area contributed by atoms with Gasteiger partial charge in [-0.15, -0.1) is 0 Å². The molecule has 1 saturated carbocycles. The lowest BCUT2D eigenvalue weighted by molar-refractivity contribution is -0.121. The zero-order valence-corrected chi connectivity index (χ0v) is 11.0. The van der Waals surface area contributed by atoms with Gasteiger partial charge in [0, 0.05) is 12.2 Å². The van der Waals surface area contributed by atoms with E-state index in [4.69, 9.17) is 5.73 Å². The second-order valence-electron chi connectivity index (χ2n) is 5.40. The van der Waals surface area contributed by atoms with Crippen molar-refractivity contribution in [3.05, 3.63) is 29.8 Å². The van der Waals surface area contributed by atoms with Crippen LogP contribution in [0.4, 0.5) is 5.69 Å². The van der Waals surface area contributed by atoms with E-state index in [1.165, 1.54) is 19.3 Å². The molecule has 0 atom stereocenters. The summed E-state index contributed by atoms with van der Waals surface area (Å²) in [6.07, 6.45) is 5.42. The van der Waals surface area contributed by atoms with Crippen molar-refractivity contribution >= 4 is 11.6 Å². The number of rotatable bonds is 5. The molecule has 0 spiro atoms. The smallest absolute Gasteiger partial charge is 0.224 e. The number of hydrogen-bond acceptors (Lipinski definition) is 2. The van der Waals surface area contributed by atoms with Gasteiger partial charge in [-0.25, -0.2) is 0 Å². The van der Waals surface area contributed by atoms with Crippen molar-refractivity contribution in [2.45, 2.75) is 39.0 Å². The molecule has 0 aliphatic heterocycles. The van der Waals surface area contributed by atoms with Crippen molar-refractivity contribution in [2.75, 3.05) is 12.3 Å². The lowest BCUT2D eigenvalue weighted by Gasteiger charge is -2.41. The highest BCUT2D eigenvalue weighted by atomic mass is 16.1. The highest BCUT2D eigenvalue weighted by Gasteiger charge is 2.35. The number of nitrogens with one attached hydrogen (secondary N) is 1. The number of amides is 1. The molecule has 1 amide bonds. The van der Waals surface area contributed by atoms with Gasteiger partial charge in [-0.1, -0.05) is 25.5 Å². The topological polar surface area (TPSA) is 55.1 Å². The molecule has 98 valence electrons. The SMILES string of the molecule is CCC1(CNC(=O)Cc2ccc(N)cc2)CCC1. The van der Waals surface area contributed by atoms with Crippen LogP contribution < -0.4 is 11.1 Å². The lowest BCUT2D eigenvalue weighted by Crippen LogP contribution is -2.42. The molecule has 0 unspecified atom stereocenters. The molecule has 1 aromatic rings. The number of benzene rings is 1. The van der Waals surface area contributed by atoms with E-state index >= 15 is 0 Å². The van der Waals surface area contributed by atoms with Crippen molar-refractivity contribution in [1.29, 1.82) is 0 Å². The van der Waals surface area contributed by atoms with Crippen LogP contribution >= 0.6 is 0 Å². The normalized spacial score (nSPS) is 16.9. The molecular formula is C15H22N2O. The third kappa shape index (κ3) is 3.03. The molecule has 3 N–H and O–H groups in total. The van der Waals surface area contributed by atoms with Crippen molar-refractivity contribution in [2.24, 2.45) is 5.41 Å². The van der Waals surface area contributed by atoms with Crippen LogP contribution in [0.5, 0.6) is 0 Å². The standard InChI is InChI=1S/C15H22N2O/c1-2-15(8-3-9-15)11-17-14(18)10-12-4-6-13(16)7-5-12/h4-7H,2-3,8-11,16H2,1H3,(H,17,18). The Hall–Kier alpha value is -1.51. The van der Waals surface area contributed by atoms with Crippen molar-refractivity contribution in [3.63, 3.8) is 0 Å². The van der Waals surface area contributed by atoms with E-state index in [-0.39, 0.29) is 5.91 Å².